The van der Waals surface area contributed by atoms with Crippen molar-refractivity contribution in [1.82, 2.24) is 5.32 Å². The largest absolute Gasteiger partial charge is 0.454 e. The highest BCUT2D eigenvalue weighted by atomic mass is 16.7. The van der Waals surface area contributed by atoms with Crippen molar-refractivity contribution in [2.75, 3.05) is 13.3 Å². The van der Waals surface area contributed by atoms with Gasteiger partial charge in [0.25, 0.3) is 5.91 Å². The summed E-state index contributed by atoms with van der Waals surface area (Å²) >= 11 is 0. The molecule has 1 amide bonds. The molecule has 5 nitrogen and oxygen atoms in total. The third-order valence-corrected chi connectivity index (χ3v) is 3.40. The van der Waals surface area contributed by atoms with Gasteiger partial charge in [-0.15, -0.1) is 0 Å². The Morgan fingerprint density at radius 1 is 1.33 bits per heavy atom. The molecule has 0 radical (unpaired) electrons. The third kappa shape index (κ3) is 2.13. The van der Waals surface area contributed by atoms with Gasteiger partial charge in [0.15, 0.2) is 11.5 Å². The molecule has 1 aliphatic carbocycles. The standard InChI is InChI=1S/C13H15NO4/c15-10-3-8(4-10)6-14-13(16)9-1-2-11-12(5-9)18-7-17-11/h1-2,5,8,10,15H,3-4,6-7H2,(H,14,16). The first-order valence-electron chi connectivity index (χ1n) is 6.08. The summed E-state index contributed by atoms with van der Waals surface area (Å²) < 4.78 is 10.4. The Balaban J connectivity index is 1.58. The van der Waals surface area contributed by atoms with Crippen molar-refractivity contribution in [2.24, 2.45) is 5.92 Å². The zero-order chi connectivity index (χ0) is 12.5. The lowest BCUT2D eigenvalue weighted by Gasteiger charge is -2.31. The molecule has 0 bridgehead atoms. The predicted octanol–water partition coefficient (Wildman–Crippen LogP) is 0.916. The molecular formula is C13H15NO4. The Morgan fingerprint density at radius 3 is 2.89 bits per heavy atom. The summed E-state index contributed by atoms with van der Waals surface area (Å²) in [7, 11) is 0. The number of hydrogen-bond donors (Lipinski definition) is 2. The van der Waals surface area contributed by atoms with Crippen LogP contribution in [-0.4, -0.2) is 30.5 Å². The molecule has 1 fully saturated rings. The van der Waals surface area contributed by atoms with Gasteiger partial charge in [-0.1, -0.05) is 0 Å². The molecule has 96 valence electrons. The number of fused-ring (bicyclic) bond motifs is 1. The van der Waals surface area contributed by atoms with Gasteiger partial charge in [-0.2, -0.15) is 0 Å². The number of aliphatic hydroxyl groups excluding tert-OH is 1. The number of aliphatic hydroxyl groups is 1. The van der Waals surface area contributed by atoms with Crippen LogP contribution in [-0.2, 0) is 0 Å². The van der Waals surface area contributed by atoms with Crippen molar-refractivity contribution in [3.63, 3.8) is 0 Å². The van der Waals surface area contributed by atoms with Gasteiger partial charge < -0.3 is 19.9 Å². The lowest BCUT2D eigenvalue weighted by molar-refractivity contribution is 0.0420. The van der Waals surface area contributed by atoms with Gasteiger partial charge in [0, 0.05) is 12.1 Å². The van der Waals surface area contributed by atoms with E-state index in [2.05, 4.69) is 5.32 Å². The first-order chi connectivity index (χ1) is 8.72. The number of ether oxygens (including phenoxy) is 2. The highest BCUT2D eigenvalue weighted by Gasteiger charge is 2.27. The van der Waals surface area contributed by atoms with Crippen LogP contribution in [0.3, 0.4) is 0 Å². The molecule has 1 saturated carbocycles. The van der Waals surface area contributed by atoms with Crippen molar-refractivity contribution in [3.8, 4) is 11.5 Å². The predicted molar refractivity (Wildman–Crippen MR) is 63.6 cm³/mol. The molecule has 1 heterocycles. The molecular weight excluding hydrogens is 234 g/mol. The SMILES string of the molecule is O=C(NCC1CC(O)C1)c1ccc2c(c1)OCO2. The Hall–Kier alpha value is -1.75. The van der Waals surface area contributed by atoms with Crippen LogP contribution in [0.5, 0.6) is 11.5 Å². The van der Waals surface area contributed by atoms with Crippen LogP contribution in [0, 0.1) is 5.92 Å². The van der Waals surface area contributed by atoms with E-state index >= 15 is 0 Å². The van der Waals surface area contributed by atoms with E-state index < -0.39 is 0 Å². The Bertz CT molecular complexity index is 468. The van der Waals surface area contributed by atoms with E-state index in [1.807, 2.05) is 0 Å². The van der Waals surface area contributed by atoms with Crippen molar-refractivity contribution >= 4 is 5.91 Å². The molecule has 0 aromatic heterocycles. The van der Waals surface area contributed by atoms with E-state index in [0.717, 1.165) is 12.8 Å². The maximum Gasteiger partial charge on any atom is 0.251 e. The van der Waals surface area contributed by atoms with E-state index in [9.17, 15) is 4.79 Å². The molecule has 2 N–H and O–H groups in total. The van der Waals surface area contributed by atoms with Gasteiger partial charge in [0.1, 0.15) is 0 Å². The summed E-state index contributed by atoms with van der Waals surface area (Å²) in [6.07, 6.45) is 1.38. The summed E-state index contributed by atoms with van der Waals surface area (Å²) in [6.45, 7) is 0.824. The van der Waals surface area contributed by atoms with Gasteiger partial charge in [0.2, 0.25) is 6.79 Å². The molecule has 3 rings (SSSR count). The minimum Gasteiger partial charge on any atom is -0.454 e. The summed E-state index contributed by atoms with van der Waals surface area (Å²) in [4.78, 5) is 11.9. The van der Waals surface area contributed by atoms with Crippen molar-refractivity contribution in [1.29, 1.82) is 0 Å². The maximum absolute atomic E-state index is 11.9. The van der Waals surface area contributed by atoms with E-state index in [4.69, 9.17) is 14.6 Å². The molecule has 1 aromatic rings. The number of nitrogens with one attached hydrogen (secondary N) is 1. The van der Waals surface area contributed by atoms with Crippen molar-refractivity contribution in [3.05, 3.63) is 23.8 Å². The highest BCUT2D eigenvalue weighted by molar-refractivity contribution is 5.94. The zero-order valence-corrected chi connectivity index (χ0v) is 9.89. The van der Waals surface area contributed by atoms with Gasteiger partial charge in [-0.3, -0.25) is 4.79 Å². The topological polar surface area (TPSA) is 67.8 Å². The fourth-order valence-electron chi connectivity index (χ4n) is 2.24. The highest BCUT2D eigenvalue weighted by Crippen LogP contribution is 2.32. The molecule has 1 aliphatic heterocycles. The minimum absolute atomic E-state index is 0.116. The van der Waals surface area contributed by atoms with Gasteiger partial charge in [0.05, 0.1) is 6.10 Å². The van der Waals surface area contributed by atoms with Gasteiger partial charge in [-0.05, 0) is 37.0 Å². The monoisotopic (exact) mass is 249 g/mol. The number of amides is 1. The number of hydrogen-bond acceptors (Lipinski definition) is 4. The normalized spacial score (nSPS) is 24.5. The molecule has 0 atom stereocenters. The molecule has 18 heavy (non-hydrogen) atoms. The van der Waals surface area contributed by atoms with Crippen LogP contribution in [0.15, 0.2) is 18.2 Å². The van der Waals surface area contributed by atoms with Crippen LogP contribution < -0.4 is 14.8 Å². The molecule has 2 aliphatic rings. The summed E-state index contributed by atoms with van der Waals surface area (Å²) in [5, 5.41) is 12.0. The van der Waals surface area contributed by atoms with E-state index in [-0.39, 0.29) is 18.8 Å². The van der Waals surface area contributed by atoms with E-state index in [1.54, 1.807) is 18.2 Å². The van der Waals surface area contributed by atoms with Crippen molar-refractivity contribution < 1.29 is 19.4 Å². The summed E-state index contributed by atoms with van der Waals surface area (Å²) in [5.74, 6) is 1.57. The Kier molecular flexibility index (Phi) is 2.83. The van der Waals surface area contributed by atoms with Gasteiger partial charge >= 0.3 is 0 Å². The second kappa shape index (κ2) is 4.49. The van der Waals surface area contributed by atoms with Crippen LogP contribution in [0.2, 0.25) is 0 Å². The van der Waals surface area contributed by atoms with Crippen LogP contribution in [0.4, 0.5) is 0 Å². The number of benzene rings is 1. The summed E-state index contributed by atoms with van der Waals surface area (Å²) in [6, 6.07) is 5.15. The average Bonchev–Trinajstić information content (AvgIpc) is 2.79. The molecule has 0 unspecified atom stereocenters. The average molecular weight is 249 g/mol. The first-order valence-corrected chi connectivity index (χ1v) is 6.08. The second-order valence-electron chi connectivity index (χ2n) is 4.77. The van der Waals surface area contributed by atoms with Crippen LogP contribution >= 0.6 is 0 Å². The fourth-order valence-corrected chi connectivity index (χ4v) is 2.24. The van der Waals surface area contributed by atoms with E-state index in [0.29, 0.717) is 29.5 Å². The van der Waals surface area contributed by atoms with Crippen LogP contribution in [0.1, 0.15) is 23.2 Å². The molecule has 0 saturated heterocycles. The third-order valence-electron chi connectivity index (χ3n) is 3.40. The Morgan fingerprint density at radius 2 is 2.11 bits per heavy atom. The molecule has 5 heteroatoms. The number of carbonyl (C=O) groups is 1. The van der Waals surface area contributed by atoms with E-state index in [1.165, 1.54) is 0 Å². The van der Waals surface area contributed by atoms with Crippen LogP contribution in [0.25, 0.3) is 0 Å². The molecule has 0 spiro atoms. The van der Waals surface area contributed by atoms with Gasteiger partial charge in [-0.25, -0.2) is 0 Å². The maximum atomic E-state index is 11.9. The second-order valence-corrected chi connectivity index (χ2v) is 4.77. The lowest BCUT2D eigenvalue weighted by Crippen LogP contribution is -2.38. The fraction of sp³-hybridized carbons (Fsp3) is 0.462. The zero-order valence-electron chi connectivity index (χ0n) is 9.89. The lowest BCUT2D eigenvalue weighted by atomic mass is 9.82. The quantitative estimate of drug-likeness (QED) is 0.835. The smallest absolute Gasteiger partial charge is 0.251 e. The minimum atomic E-state index is -0.183. The first kappa shape index (κ1) is 11.3. The Labute approximate surface area is 105 Å². The molecule has 1 aromatic carbocycles. The number of rotatable bonds is 3. The number of carbonyl (C=O) groups excluding carboxylic acids is 1. The summed E-state index contributed by atoms with van der Waals surface area (Å²) in [5.41, 5.74) is 0.569. The van der Waals surface area contributed by atoms with Crippen molar-refractivity contribution in [2.45, 2.75) is 18.9 Å².